The van der Waals surface area contributed by atoms with E-state index < -0.39 is 17.5 Å². The van der Waals surface area contributed by atoms with Crippen molar-refractivity contribution in [1.29, 1.82) is 0 Å². The number of benzene rings is 1. The van der Waals surface area contributed by atoms with Crippen LogP contribution in [0.25, 0.3) is 0 Å². The summed E-state index contributed by atoms with van der Waals surface area (Å²) in [6.07, 6.45) is 2.44. The Bertz CT molecular complexity index is 646. The number of aryl methyl sites for hydroxylation is 1. The molecule has 0 spiro atoms. The van der Waals surface area contributed by atoms with E-state index in [1.165, 1.54) is 19.3 Å². The third-order valence-electron chi connectivity index (χ3n) is 2.38. The van der Waals surface area contributed by atoms with E-state index in [4.69, 9.17) is 5.73 Å². The van der Waals surface area contributed by atoms with Gasteiger partial charge in [0.15, 0.2) is 0 Å². The lowest BCUT2D eigenvalue weighted by molar-refractivity contribution is 0.102. The van der Waals surface area contributed by atoms with Crippen molar-refractivity contribution in [3.8, 4) is 0 Å². The predicted molar refractivity (Wildman–Crippen MR) is 65.5 cm³/mol. The Balaban J connectivity index is 2.27. The second-order valence-electron chi connectivity index (χ2n) is 3.86. The highest BCUT2D eigenvalue weighted by molar-refractivity contribution is 6.02. The number of carbonyl (C=O) groups excluding carboxylic acids is 1. The van der Waals surface area contributed by atoms with Gasteiger partial charge in [0, 0.05) is 6.07 Å². The van der Waals surface area contributed by atoms with Crippen LogP contribution in [-0.4, -0.2) is 15.9 Å². The number of anilines is 2. The van der Waals surface area contributed by atoms with Crippen LogP contribution in [0.5, 0.6) is 0 Å². The van der Waals surface area contributed by atoms with Gasteiger partial charge in [0.05, 0.1) is 18.1 Å². The van der Waals surface area contributed by atoms with Crippen molar-refractivity contribution >= 4 is 17.4 Å². The molecule has 0 aliphatic rings. The fraction of sp³-hybridized carbons (Fsp3) is 0.0833. The van der Waals surface area contributed by atoms with Crippen LogP contribution < -0.4 is 11.1 Å². The van der Waals surface area contributed by atoms with Gasteiger partial charge in [-0.15, -0.1) is 0 Å². The van der Waals surface area contributed by atoms with Crippen LogP contribution in [-0.2, 0) is 0 Å². The van der Waals surface area contributed by atoms with Gasteiger partial charge in [-0.3, -0.25) is 9.78 Å². The van der Waals surface area contributed by atoms with Crippen LogP contribution in [0.2, 0.25) is 0 Å². The molecule has 0 aliphatic carbocycles. The van der Waals surface area contributed by atoms with Crippen LogP contribution in [0.1, 0.15) is 16.1 Å². The average molecular weight is 264 g/mol. The molecule has 1 amide bonds. The number of nitrogens with one attached hydrogen (secondary N) is 1. The van der Waals surface area contributed by atoms with Gasteiger partial charge in [0.1, 0.15) is 23.1 Å². The number of hydrogen-bond acceptors (Lipinski definition) is 4. The van der Waals surface area contributed by atoms with Crippen LogP contribution in [0, 0.1) is 18.6 Å². The molecule has 2 aromatic rings. The molecule has 0 saturated heterocycles. The smallest absolute Gasteiger partial charge is 0.276 e. The van der Waals surface area contributed by atoms with Gasteiger partial charge in [-0.2, -0.15) is 0 Å². The average Bonchev–Trinajstić information content (AvgIpc) is 2.36. The number of carbonyl (C=O) groups is 1. The standard InChI is InChI=1S/C12H10F2N4O/c1-6-2-8(14)9(3-7(6)13)18-12(19)10-4-16-5-11(15)17-10/h2-5H,1H3,(H2,15,17)(H,18,19). The summed E-state index contributed by atoms with van der Waals surface area (Å²) in [5, 5.41) is 2.21. The van der Waals surface area contributed by atoms with E-state index in [2.05, 4.69) is 15.3 Å². The molecule has 0 fully saturated rings. The van der Waals surface area contributed by atoms with Crippen molar-refractivity contribution in [1.82, 2.24) is 9.97 Å². The Kier molecular flexibility index (Phi) is 3.37. The minimum Gasteiger partial charge on any atom is -0.382 e. The molecule has 1 aromatic carbocycles. The first-order valence-corrected chi connectivity index (χ1v) is 5.32. The van der Waals surface area contributed by atoms with Crippen molar-refractivity contribution in [3.05, 3.63) is 47.4 Å². The van der Waals surface area contributed by atoms with Gasteiger partial charge in [0.2, 0.25) is 0 Å². The summed E-state index contributed by atoms with van der Waals surface area (Å²) in [5.41, 5.74) is 5.18. The first-order valence-electron chi connectivity index (χ1n) is 5.32. The zero-order valence-electron chi connectivity index (χ0n) is 9.95. The maximum absolute atomic E-state index is 13.5. The molecule has 2 rings (SSSR count). The predicted octanol–water partition coefficient (Wildman–Crippen LogP) is 1.90. The van der Waals surface area contributed by atoms with Crippen molar-refractivity contribution in [2.45, 2.75) is 6.92 Å². The molecule has 5 nitrogen and oxygen atoms in total. The number of nitrogens with zero attached hydrogens (tertiary/aromatic N) is 2. The zero-order chi connectivity index (χ0) is 14.0. The normalized spacial score (nSPS) is 10.3. The van der Waals surface area contributed by atoms with E-state index in [1.807, 2.05) is 0 Å². The van der Waals surface area contributed by atoms with Crippen molar-refractivity contribution in [2.75, 3.05) is 11.1 Å². The molecule has 1 heterocycles. The van der Waals surface area contributed by atoms with Gasteiger partial charge in [-0.25, -0.2) is 13.8 Å². The molecule has 0 radical (unpaired) electrons. The van der Waals surface area contributed by atoms with E-state index in [0.717, 1.165) is 12.1 Å². The van der Waals surface area contributed by atoms with Gasteiger partial charge < -0.3 is 11.1 Å². The van der Waals surface area contributed by atoms with Gasteiger partial charge in [0.25, 0.3) is 5.91 Å². The van der Waals surface area contributed by atoms with E-state index in [1.54, 1.807) is 0 Å². The largest absolute Gasteiger partial charge is 0.382 e. The Morgan fingerprint density at radius 1 is 1.26 bits per heavy atom. The summed E-state index contributed by atoms with van der Waals surface area (Å²) in [4.78, 5) is 19.2. The number of halogens is 2. The van der Waals surface area contributed by atoms with Crippen LogP contribution in [0.15, 0.2) is 24.5 Å². The number of nitrogen functional groups attached to an aromatic ring is 1. The first-order chi connectivity index (χ1) is 8.97. The second-order valence-corrected chi connectivity index (χ2v) is 3.86. The lowest BCUT2D eigenvalue weighted by atomic mass is 10.2. The lowest BCUT2D eigenvalue weighted by Gasteiger charge is -2.07. The third-order valence-corrected chi connectivity index (χ3v) is 2.38. The molecular formula is C12H10F2N4O. The highest BCUT2D eigenvalue weighted by Gasteiger charge is 2.13. The molecule has 98 valence electrons. The molecule has 0 saturated carbocycles. The number of rotatable bonds is 2. The highest BCUT2D eigenvalue weighted by Crippen LogP contribution is 2.19. The summed E-state index contributed by atoms with van der Waals surface area (Å²) in [7, 11) is 0. The minimum atomic E-state index is -0.732. The lowest BCUT2D eigenvalue weighted by Crippen LogP contribution is -2.16. The van der Waals surface area contributed by atoms with E-state index in [0.29, 0.717) is 0 Å². The van der Waals surface area contributed by atoms with Crippen molar-refractivity contribution in [2.24, 2.45) is 0 Å². The fourth-order valence-electron chi connectivity index (χ4n) is 1.42. The Morgan fingerprint density at radius 2 is 2.00 bits per heavy atom. The Hall–Kier alpha value is -2.57. The fourth-order valence-corrected chi connectivity index (χ4v) is 1.42. The van der Waals surface area contributed by atoms with E-state index in [-0.39, 0.29) is 22.8 Å². The zero-order valence-corrected chi connectivity index (χ0v) is 9.95. The topological polar surface area (TPSA) is 80.9 Å². The molecule has 0 unspecified atom stereocenters. The van der Waals surface area contributed by atoms with E-state index >= 15 is 0 Å². The number of amides is 1. The Morgan fingerprint density at radius 3 is 2.68 bits per heavy atom. The molecular weight excluding hydrogens is 254 g/mol. The molecule has 3 N–H and O–H groups in total. The number of nitrogens with two attached hydrogens (primary N) is 1. The van der Waals surface area contributed by atoms with Gasteiger partial charge >= 0.3 is 0 Å². The quantitative estimate of drug-likeness (QED) is 0.868. The monoisotopic (exact) mass is 264 g/mol. The Labute approximate surface area is 107 Å². The summed E-state index contributed by atoms with van der Waals surface area (Å²) < 4.78 is 26.9. The SMILES string of the molecule is Cc1cc(F)c(NC(=O)c2cncc(N)n2)cc1F. The van der Waals surface area contributed by atoms with Gasteiger partial charge in [-0.1, -0.05) is 0 Å². The molecule has 0 aliphatic heterocycles. The van der Waals surface area contributed by atoms with Crippen molar-refractivity contribution < 1.29 is 13.6 Å². The minimum absolute atomic E-state index is 0.0585. The number of aromatic nitrogens is 2. The van der Waals surface area contributed by atoms with Crippen LogP contribution in [0.3, 0.4) is 0 Å². The van der Waals surface area contributed by atoms with Crippen molar-refractivity contribution in [3.63, 3.8) is 0 Å². The summed E-state index contributed by atoms with van der Waals surface area (Å²) in [6, 6.07) is 1.90. The van der Waals surface area contributed by atoms with Crippen LogP contribution >= 0.6 is 0 Å². The summed E-state index contributed by atoms with van der Waals surface area (Å²) in [6.45, 7) is 1.42. The van der Waals surface area contributed by atoms with Gasteiger partial charge in [-0.05, 0) is 18.6 Å². The first kappa shape index (κ1) is 12.9. The van der Waals surface area contributed by atoms with E-state index in [9.17, 15) is 13.6 Å². The highest BCUT2D eigenvalue weighted by atomic mass is 19.1. The second kappa shape index (κ2) is 4.97. The molecule has 19 heavy (non-hydrogen) atoms. The third kappa shape index (κ3) is 2.82. The number of hydrogen-bond donors (Lipinski definition) is 2. The molecule has 0 atom stereocenters. The molecule has 7 heteroatoms. The maximum Gasteiger partial charge on any atom is 0.276 e. The summed E-state index contributed by atoms with van der Waals surface area (Å²) in [5.74, 6) is -2.01. The maximum atomic E-state index is 13.5. The molecule has 0 bridgehead atoms. The summed E-state index contributed by atoms with van der Waals surface area (Å²) >= 11 is 0. The molecule has 1 aromatic heterocycles. The van der Waals surface area contributed by atoms with Crippen LogP contribution in [0.4, 0.5) is 20.3 Å².